The summed E-state index contributed by atoms with van der Waals surface area (Å²) in [5.41, 5.74) is -0.629. The van der Waals surface area contributed by atoms with E-state index in [9.17, 15) is 30.7 Å². The van der Waals surface area contributed by atoms with E-state index in [1.54, 1.807) is 0 Å². The molecule has 0 N–H and O–H groups in total. The van der Waals surface area contributed by atoms with E-state index in [2.05, 4.69) is 4.74 Å². The van der Waals surface area contributed by atoms with Gasteiger partial charge < -0.3 is 9.47 Å². The number of alkyl halides is 2. The van der Waals surface area contributed by atoms with Crippen LogP contribution in [0.5, 0.6) is 5.75 Å². The van der Waals surface area contributed by atoms with E-state index in [4.69, 9.17) is 4.74 Å². The molecule has 34 heavy (non-hydrogen) atoms. The van der Waals surface area contributed by atoms with Gasteiger partial charge in [0.25, 0.3) is 0 Å². The Morgan fingerprint density at radius 2 is 1.47 bits per heavy atom. The first kappa shape index (κ1) is 24.1. The number of hydrogen-bond acceptors (Lipinski definition) is 2. The van der Waals surface area contributed by atoms with E-state index in [1.807, 2.05) is 6.92 Å². The molecule has 0 radical (unpaired) electrons. The number of halogens is 7. The van der Waals surface area contributed by atoms with E-state index in [-0.39, 0.29) is 28.8 Å². The number of benzene rings is 3. The van der Waals surface area contributed by atoms with Crippen molar-refractivity contribution in [1.29, 1.82) is 0 Å². The molecule has 2 atom stereocenters. The maximum Gasteiger partial charge on any atom is 0.426 e. The maximum atomic E-state index is 14.8. The lowest BCUT2D eigenvalue weighted by Crippen LogP contribution is -2.22. The van der Waals surface area contributed by atoms with Gasteiger partial charge in [-0.15, -0.1) is 0 Å². The van der Waals surface area contributed by atoms with Crippen LogP contribution in [-0.2, 0) is 10.8 Å². The van der Waals surface area contributed by atoms with E-state index < -0.39 is 52.6 Å². The minimum atomic E-state index is -4.04. The molecular weight excluding hydrogens is 465 g/mol. The molecule has 3 aromatic rings. The first-order chi connectivity index (χ1) is 16.1. The number of rotatable bonds is 5. The Balaban J connectivity index is 1.55. The quantitative estimate of drug-likeness (QED) is 0.273. The molecule has 0 bridgehead atoms. The summed E-state index contributed by atoms with van der Waals surface area (Å²) in [6.07, 6.45) is -3.22. The minimum absolute atomic E-state index is 0.100. The normalized spacial score (nSPS) is 18.7. The van der Waals surface area contributed by atoms with E-state index in [0.29, 0.717) is 18.9 Å². The van der Waals surface area contributed by atoms with E-state index >= 15 is 0 Å². The zero-order chi connectivity index (χ0) is 24.6. The zero-order valence-corrected chi connectivity index (χ0v) is 17.9. The molecule has 1 fully saturated rings. The van der Waals surface area contributed by atoms with Crippen LogP contribution in [0.3, 0.4) is 0 Å². The molecule has 0 spiro atoms. The van der Waals surface area contributed by atoms with Crippen molar-refractivity contribution in [3.8, 4) is 16.9 Å². The summed E-state index contributed by atoms with van der Waals surface area (Å²) in [7, 11) is 0. The summed E-state index contributed by atoms with van der Waals surface area (Å²) in [4.78, 5) is 0. The first-order valence-corrected chi connectivity index (χ1v) is 10.5. The summed E-state index contributed by atoms with van der Waals surface area (Å²) >= 11 is 0. The van der Waals surface area contributed by atoms with Crippen molar-refractivity contribution in [3.63, 3.8) is 0 Å². The minimum Gasteiger partial charge on any atom is -0.429 e. The molecule has 4 rings (SSSR count). The van der Waals surface area contributed by atoms with E-state index in [0.717, 1.165) is 30.7 Å². The van der Waals surface area contributed by atoms with Crippen molar-refractivity contribution < 1.29 is 40.2 Å². The fourth-order valence-corrected chi connectivity index (χ4v) is 3.81. The molecule has 1 saturated heterocycles. The molecule has 2 unspecified atom stereocenters. The molecular formula is C25H19F7O2. The molecule has 0 amide bonds. The maximum absolute atomic E-state index is 14.8. The van der Waals surface area contributed by atoms with Gasteiger partial charge in [0.15, 0.2) is 29.1 Å². The van der Waals surface area contributed by atoms with Gasteiger partial charge in [-0.3, -0.25) is 0 Å². The fourth-order valence-electron chi connectivity index (χ4n) is 3.81. The van der Waals surface area contributed by atoms with Crippen molar-refractivity contribution in [3.05, 3.63) is 88.7 Å². The Morgan fingerprint density at radius 3 is 2.06 bits per heavy atom. The van der Waals surface area contributed by atoms with E-state index in [1.165, 1.54) is 12.1 Å². The molecule has 1 aliphatic heterocycles. The highest BCUT2D eigenvalue weighted by Gasteiger charge is 2.35. The third kappa shape index (κ3) is 4.75. The Kier molecular flexibility index (Phi) is 6.58. The molecule has 2 nitrogen and oxygen atoms in total. The molecule has 1 aliphatic rings. The second-order valence-electron chi connectivity index (χ2n) is 8.23. The number of ether oxygens (including phenoxy) is 2. The monoisotopic (exact) mass is 484 g/mol. The topological polar surface area (TPSA) is 18.5 Å². The lowest BCUT2D eigenvalue weighted by Gasteiger charge is -2.27. The standard InChI is InChI=1S/C25H19F7O2/c1-13-2-9-21(33-12-13)18-8-7-17(22(28)23(18)29)14-3-5-15(6-4-14)25(31,32)34-16-10-19(26)24(30)20(27)11-16/h3-8,10-11,13,21H,2,9,12H2,1H3. The zero-order valence-electron chi connectivity index (χ0n) is 17.9. The van der Waals surface area contributed by atoms with Gasteiger partial charge in [-0.25, -0.2) is 22.0 Å². The Hall–Kier alpha value is -3.07. The average Bonchev–Trinajstić information content (AvgIpc) is 2.80. The van der Waals surface area contributed by atoms with Crippen molar-refractivity contribution >= 4 is 0 Å². The van der Waals surface area contributed by atoms with Crippen molar-refractivity contribution in [2.75, 3.05) is 6.61 Å². The summed E-state index contributed by atoms with van der Waals surface area (Å²) in [5, 5.41) is 0. The Bertz CT molecular complexity index is 1160. The van der Waals surface area contributed by atoms with Gasteiger partial charge in [0.05, 0.1) is 11.7 Å². The summed E-state index contributed by atoms with van der Waals surface area (Å²) < 4.78 is 108. The van der Waals surface area contributed by atoms with Crippen LogP contribution in [0, 0.1) is 35.0 Å². The van der Waals surface area contributed by atoms with Gasteiger partial charge in [0.1, 0.15) is 5.75 Å². The highest BCUT2D eigenvalue weighted by Crippen LogP contribution is 2.37. The van der Waals surface area contributed by atoms with Gasteiger partial charge in [-0.2, -0.15) is 8.78 Å². The highest BCUT2D eigenvalue weighted by molar-refractivity contribution is 5.65. The van der Waals surface area contributed by atoms with Crippen LogP contribution in [0.4, 0.5) is 30.7 Å². The van der Waals surface area contributed by atoms with Crippen LogP contribution >= 0.6 is 0 Å². The highest BCUT2D eigenvalue weighted by atomic mass is 19.3. The van der Waals surface area contributed by atoms with Crippen LogP contribution in [0.15, 0.2) is 48.5 Å². The average molecular weight is 484 g/mol. The largest absolute Gasteiger partial charge is 0.429 e. The van der Waals surface area contributed by atoms with Crippen LogP contribution in [0.1, 0.15) is 37.0 Å². The lowest BCUT2D eigenvalue weighted by atomic mass is 9.93. The predicted octanol–water partition coefficient (Wildman–Crippen LogP) is 7.67. The molecule has 9 heteroatoms. The van der Waals surface area contributed by atoms with Crippen molar-refractivity contribution in [2.24, 2.45) is 5.92 Å². The van der Waals surface area contributed by atoms with Gasteiger partial charge in [-0.05, 0) is 36.5 Å². The first-order valence-electron chi connectivity index (χ1n) is 10.5. The molecule has 1 heterocycles. The van der Waals surface area contributed by atoms with Gasteiger partial charge >= 0.3 is 6.11 Å². The Morgan fingerprint density at radius 1 is 0.824 bits per heavy atom. The molecule has 180 valence electrons. The van der Waals surface area contributed by atoms with Crippen molar-refractivity contribution in [1.82, 2.24) is 0 Å². The van der Waals surface area contributed by atoms with Gasteiger partial charge in [0.2, 0.25) is 0 Å². The third-order valence-electron chi connectivity index (χ3n) is 5.70. The SMILES string of the molecule is CC1CCC(c2ccc(-c3ccc(C(F)(F)Oc4cc(F)c(F)c(F)c4)cc3)c(F)c2F)OC1. The molecule has 3 aromatic carbocycles. The molecule has 0 aliphatic carbocycles. The molecule has 0 saturated carbocycles. The van der Waals surface area contributed by atoms with Crippen LogP contribution in [-0.4, -0.2) is 6.61 Å². The third-order valence-corrected chi connectivity index (χ3v) is 5.70. The smallest absolute Gasteiger partial charge is 0.426 e. The summed E-state index contributed by atoms with van der Waals surface area (Å²) in [6.45, 7) is 2.45. The van der Waals surface area contributed by atoms with Gasteiger partial charge in [0, 0.05) is 29.9 Å². The van der Waals surface area contributed by atoms with Crippen molar-refractivity contribution in [2.45, 2.75) is 32.0 Å². The number of hydrogen-bond donors (Lipinski definition) is 0. The second kappa shape index (κ2) is 9.29. The van der Waals surface area contributed by atoms with Gasteiger partial charge in [-0.1, -0.05) is 31.2 Å². The summed E-state index contributed by atoms with van der Waals surface area (Å²) in [5.74, 6) is -7.96. The van der Waals surface area contributed by atoms with Crippen LogP contribution in [0.2, 0.25) is 0 Å². The Labute approximate surface area is 190 Å². The summed E-state index contributed by atoms with van der Waals surface area (Å²) in [6, 6.07) is 7.42. The predicted molar refractivity (Wildman–Crippen MR) is 110 cm³/mol. The van der Waals surface area contributed by atoms with Crippen LogP contribution in [0.25, 0.3) is 11.1 Å². The molecule has 0 aromatic heterocycles. The second-order valence-corrected chi connectivity index (χ2v) is 8.23. The fraction of sp³-hybridized carbons (Fsp3) is 0.280. The lowest BCUT2D eigenvalue weighted by molar-refractivity contribution is -0.185. The van der Waals surface area contributed by atoms with Crippen LogP contribution < -0.4 is 4.74 Å².